The van der Waals surface area contributed by atoms with Gasteiger partial charge >= 0.3 is 12.0 Å². The first kappa shape index (κ1) is 16.3. The minimum Gasteiger partial charge on any atom is -0.421 e. The van der Waals surface area contributed by atoms with Gasteiger partial charge in [-0.2, -0.15) is 0 Å². The Morgan fingerprint density at radius 1 is 0.880 bits per heavy atom. The van der Waals surface area contributed by atoms with Gasteiger partial charge in [0.2, 0.25) is 0 Å². The summed E-state index contributed by atoms with van der Waals surface area (Å²) in [5.41, 5.74) is 0.736. The van der Waals surface area contributed by atoms with E-state index in [1.165, 1.54) is 54.9 Å². The summed E-state index contributed by atoms with van der Waals surface area (Å²) in [6.07, 6.45) is 2.63. The van der Waals surface area contributed by atoms with Crippen LogP contribution in [-0.4, -0.2) is 16.0 Å². The van der Waals surface area contributed by atoms with Crippen LogP contribution in [0.25, 0.3) is 0 Å². The standard InChI is InChI=1S/C17H12F2N4O2/c18-11-5-7-12(8-6-11)22-16(24)23-13-9-20-17(21-10-13)25-15-4-2-1-3-14(15)19/h1-10H,(H2,22,23,24). The molecule has 0 atom stereocenters. The van der Waals surface area contributed by atoms with Gasteiger partial charge in [-0.25, -0.2) is 23.5 Å². The van der Waals surface area contributed by atoms with Crippen molar-refractivity contribution in [3.63, 3.8) is 0 Å². The fourth-order valence-corrected chi connectivity index (χ4v) is 1.89. The van der Waals surface area contributed by atoms with Crippen molar-refractivity contribution in [2.75, 3.05) is 10.6 Å². The predicted molar refractivity (Wildman–Crippen MR) is 87.5 cm³/mol. The normalized spacial score (nSPS) is 10.2. The van der Waals surface area contributed by atoms with Gasteiger partial charge in [-0.05, 0) is 36.4 Å². The summed E-state index contributed by atoms with van der Waals surface area (Å²) >= 11 is 0. The van der Waals surface area contributed by atoms with Crippen LogP contribution in [0.15, 0.2) is 60.9 Å². The molecule has 126 valence electrons. The molecule has 0 saturated heterocycles. The zero-order valence-electron chi connectivity index (χ0n) is 12.7. The Morgan fingerprint density at radius 3 is 2.20 bits per heavy atom. The lowest BCUT2D eigenvalue weighted by molar-refractivity contribution is 0.262. The Kier molecular flexibility index (Phi) is 4.79. The highest BCUT2D eigenvalue weighted by Gasteiger charge is 2.07. The van der Waals surface area contributed by atoms with Crippen molar-refractivity contribution in [1.82, 2.24) is 9.97 Å². The van der Waals surface area contributed by atoms with Crippen LogP contribution in [0.4, 0.5) is 25.0 Å². The molecule has 0 unspecified atom stereocenters. The van der Waals surface area contributed by atoms with Gasteiger partial charge in [0.15, 0.2) is 11.6 Å². The minimum atomic E-state index is -0.544. The van der Waals surface area contributed by atoms with E-state index in [1.807, 2.05) is 0 Å². The van der Waals surface area contributed by atoms with Crippen molar-refractivity contribution in [3.8, 4) is 11.8 Å². The van der Waals surface area contributed by atoms with Gasteiger partial charge in [-0.1, -0.05) is 12.1 Å². The molecule has 1 aromatic heterocycles. The van der Waals surface area contributed by atoms with Crippen LogP contribution < -0.4 is 15.4 Å². The number of benzene rings is 2. The lowest BCUT2D eigenvalue weighted by Crippen LogP contribution is -2.19. The molecule has 0 bridgehead atoms. The number of rotatable bonds is 4. The summed E-state index contributed by atoms with van der Waals surface area (Å²) in [6, 6.07) is 10.6. The van der Waals surface area contributed by atoms with Crippen molar-refractivity contribution in [1.29, 1.82) is 0 Å². The Balaban J connectivity index is 1.59. The Hall–Kier alpha value is -3.55. The number of nitrogens with one attached hydrogen (secondary N) is 2. The number of ether oxygens (including phenoxy) is 1. The number of nitrogens with zero attached hydrogens (tertiary/aromatic N) is 2. The molecule has 2 N–H and O–H groups in total. The first-order chi connectivity index (χ1) is 12.1. The number of aromatic nitrogens is 2. The fourth-order valence-electron chi connectivity index (χ4n) is 1.89. The molecule has 8 heteroatoms. The van der Waals surface area contributed by atoms with E-state index >= 15 is 0 Å². The lowest BCUT2D eigenvalue weighted by Gasteiger charge is -2.08. The summed E-state index contributed by atoms with van der Waals surface area (Å²) in [4.78, 5) is 19.6. The topological polar surface area (TPSA) is 76.1 Å². The zero-order chi connectivity index (χ0) is 17.6. The highest BCUT2D eigenvalue weighted by molar-refractivity contribution is 5.99. The van der Waals surface area contributed by atoms with E-state index in [0.717, 1.165) is 0 Å². The molecular formula is C17H12F2N4O2. The van der Waals surface area contributed by atoms with Crippen LogP contribution in [0.1, 0.15) is 0 Å². The van der Waals surface area contributed by atoms with Crippen molar-refractivity contribution in [2.24, 2.45) is 0 Å². The molecular weight excluding hydrogens is 330 g/mol. The summed E-state index contributed by atoms with van der Waals surface area (Å²) in [7, 11) is 0. The molecule has 0 radical (unpaired) electrons. The van der Waals surface area contributed by atoms with Gasteiger partial charge in [-0.3, -0.25) is 0 Å². The van der Waals surface area contributed by atoms with Gasteiger partial charge in [-0.15, -0.1) is 0 Å². The molecule has 0 aliphatic carbocycles. The largest absolute Gasteiger partial charge is 0.421 e. The molecule has 0 aliphatic heterocycles. The lowest BCUT2D eigenvalue weighted by atomic mass is 10.3. The summed E-state index contributed by atoms with van der Waals surface area (Å²) < 4.78 is 31.5. The van der Waals surface area contributed by atoms with E-state index in [0.29, 0.717) is 11.4 Å². The molecule has 0 spiro atoms. The van der Waals surface area contributed by atoms with Crippen molar-refractivity contribution < 1.29 is 18.3 Å². The van der Waals surface area contributed by atoms with E-state index in [-0.39, 0.29) is 11.8 Å². The van der Waals surface area contributed by atoms with E-state index in [4.69, 9.17) is 4.74 Å². The second-order valence-electron chi connectivity index (χ2n) is 4.87. The highest BCUT2D eigenvalue weighted by Crippen LogP contribution is 2.21. The second-order valence-corrected chi connectivity index (χ2v) is 4.87. The molecule has 0 saturated carbocycles. The van der Waals surface area contributed by atoms with Crippen LogP contribution >= 0.6 is 0 Å². The summed E-state index contributed by atoms with van der Waals surface area (Å²) in [6.45, 7) is 0. The van der Waals surface area contributed by atoms with E-state index in [9.17, 15) is 13.6 Å². The SMILES string of the molecule is O=C(Nc1ccc(F)cc1)Nc1cnc(Oc2ccccc2F)nc1. The maximum Gasteiger partial charge on any atom is 0.323 e. The molecule has 25 heavy (non-hydrogen) atoms. The van der Waals surface area contributed by atoms with Crippen LogP contribution in [0, 0.1) is 11.6 Å². The van der Waals surface area contributed by atoms with E-state index in [1.54, 1.807) is 6.07 Å². The number of amides is 2. The van der Waals surface area contributed by atoms with E-state index in [2.05, 4.69) is 20.6 Å². The molecule has 3 rings (SSSR count). The van der Waals surface area contributed by atoms with Crippen LogP contribution in [-0.2, 0) is 0 Å². The smallest absolute Gasteiger partial charge is 0.323 e. The number of halogens is 2. The Bertz CT molecular complexity index is 871. The average molecular weight is 342 g/mol. The number of hydrogen-bond acceptors (Lipinski definition) is 4. The first-order valence-electron chi connectivity index (χ1n) is 7.18. The first-order valence-corrected chi connectivity index (χ1v) is 7.18. The fraction of sp³-hybridized carbons (Fsp3) is 0. The molecule has 3 aromatic rings. The third-order valence-corrected chi connectivity index (χ3v) is 3.03. The molecule has 2 amide bonds. The van der Waals surface area contributed by atoms with Crippen LogP contribution in [0.2, 0.25) is 0 Å². The van der Waals surface area contributed by atoms with Gasteiger partial charge in [0, 0.05) is 5.69 Å². The third kappa shape index (κ3) is 4.47. The van der Waals surface area contributed by atoms with Gasteiger partial charge < -0.3 is 15.4 Å². The molecule has 0 aliphatic rings. The van der Waals surface area contributed by atoms with Crippen molar-refractivity contribution in [3.05, 3.63) is 72.6 Å². The Labute approximate surface area is 141 Å². The monoisotopic (exact) mass is 342 g/mol. The molecule has 6 nitrogen and oxygen atoms in total. The minimum absolute atomic E-state index is 0.00254. The quantitative estimate of drug-likeness (QED) is 0.745. The number of anilines is 2. The summed E-state index contributed by atoms with van der Waals surface area (Å²) in [5.74, 6) is -0.936. The van der Waals surface area contributed by atoms with Gasteiger partial charge in [0.25, 0.3) is 0 Å². The average Bonchev–Trinajstić information content (AvgIpc) is 2.61. The van der Waals surface area contributed by atoms with Crippen molar-refractivity contribution >= 4 is 17.4 Å². The van der Waals surface area contributed by atoms with Crippen LogP contribution in [0.5, 0.6) is 11.8 Å². The van der Waals surface area contributed by atoms with Crippen molar-refractivity contribution in [2.45, 2.75) is 0 Å². The van der Waals surface area contributed by atoms with E-state index < -0.39 is 17.7 Å². The summed E-state index contributed by atoms with van der Waals surface area (Å²) in [5, 5.41) is 5.04. The maximum atomic E-state index is 13.5. The number of urea groups is 1. The maximum absolute atomic E-state index is 13.5. The molecule has 0 fully saturated rings. The molecule has 1 heterocycles. The number of carbonyl (C=O) groups excluding carboxylic acids is 1. The number of hydrogen-bond donors (Lipinski definition) is 2. The van der Waals surface area contributed by atoms with Gasteiger partial charge in [0.1, 0.15) is 5.82 Å². The Morgan fingerprint density at radius 2 is 1.52 bits per heavy atom. The zero-order valence-corrected chi connectivity index (χ0v) is 12.7. The molecule has 2 aromatic carbocycles. The number of carbonyl (C=O) groups is 1. The van der Waals surface area contributed by atoms with Gasteiger partial charge in [0.05, 0.1) is 18.1 Å². The second kappa shape index (κ2) is 7.35. The predicted octanol–water partition coefficient (Wildman–Crippen LogP) is 4.19. The van der Waals surface area contributed by atoms with Crippen LogP contribution in [0.3, 0.4) is 0 Å². The third-order valence-electron chi connectivity index (χ3n) is 3.03. The number of para-hydroxylation sites is 1. The highest BCUT2D eigenvalue weighted by atomic mass is 19.1.